The van der Waals surface area contributed by atoms with Crippen LogP contribution in [0.4, 0.5) is 16.4 Å². The van der Waals surface area contributed by atoms with Gasteiger partial charge in [0.25, 0.3) is 0 Å². The lowest BCUT2D eigenvalue weighted by Crippen LogP contribution is -2.29. The highest BCUT2D eigenvalue weighted by Crippen LogP contribution is 2.36. The molecule has 1 saturated carbocycles. The number of H-pyrrole nitrogens is 1. The second-order valence-corrected chi connectivity index (χ2v) is 8.27. The van der Waals surface area contributed by atoms with E-state index in [1.807, 2.05) is 48.5 Å². The van der Waals surface area contributed by atoms with Crippen LogP contribution in [0.2, 0.25) is 0 Å². The number of carbonyl (C=O) groups excluding carboxylic acids is 1. The predicted molar refractivity (Wildman–Crippen MR) is 121 cm³/mol. The van der Waals surface area contributed by atoms with Crippen molar-refractivity contribution < 1.29 is 14.3 Å². The van der Waals surface area contributed by atoms with Crippen LogP contribution >= 0.6 is 0 Å². The number of alkyl carbamates (subject to hydrolysis) is 1. The minimum Gasteiger partial charge on any atom is -0.477 e. The molecule has 32 heavy (non-hydrogen) atoms. The van der Waals surface area contributed by atoms with Crippen LogP contribution in [0.25, 0.3) is 11.1 Å². The Hall–Kier alpha value is -3.55. The topological polar surface area (TPSA) is 101 Å². The number of nitrogens with one attached hydrogen (secondary N) is 3. The van der Waals surface area contributed by atoms with Gasteiger partial charge < -0.3 is 20.1 Å². The van der Waals surface area contributed by atoms with E-state index < -0.39 is 0 Å². The van der Waals surface area contributed by atoms with Crippen LogP contribution < -0.4 is 15.4 Å². The maximum Gasteiger partial charge on any atom is 0.407 e. The lowest BCUT2D eigenvalue weighted by molar-refractivity contribution is 0.0999. The van der Waals surface area contributed by atoms with E-state index in [1.54, 1.807) is 0 Å². The molecule has 166 valence electrons. The molecule has 1 aliphatic heterocycles. The molecule has 0 saturated heterocycles. The van der Waals surface area contributed by atoms with E-state index in [0.717, 1.165) is 48.9 Å². The quantitative estimate of drug-likeness (QED) is 0.512. The first-order valence-corrected chi connectivity index (χ1v) is 11.2. The number of nitrogens with zero attached hydrogens (tertiary/aromatic N) is 2. The number of amides is 1. The van der Waals surface area contributed by atoms with Gasteiger partial charge in [0.2, 0.25) is 5.88 Å². The van der Waals surface area contributed by atoms with Crippen LogP contribution in [0.3, 0.4) is 0 Å². The zero-order chi connectivity index (χ0) is 21.8. The first kappa shape index (κ1) is 20.4. The van der Waals surface area contributed by atoms with Gasteiger partial charge in [0.1, 0.15) is 11.9 Å². The maximum absolute atomic E-state index is 12.1. The molecule has 3 N–H and O–H groups in total. The Morgan fingerprint density at radius 2 is 1.91 bits per heavy atom. The van der Waals surface area contributed by atoms with Crippen molar-refractivity contribution in [3.63, 3.8) is 0 Å². The van der Waals surface area contributed by atoms with Crippen LogP contribution in [0.1, 0.15) is 43.7 Å². The maximum atomic E-state index is 12.1. The molecule has 2 aliphatic rings. The fourth-order valence-corrected chi connectivity index (χ4v) is 4.31. The molecule has 6 bridgehead atoms. The van der Waals surface area contributed by atoms with E-state index in [2.05, 4.69) is 20.8 Å². The number of pyridine rings is 1. The number of aromatic nitrogens is 3. The van der Waals surface area contributed by atoms with E-state index in [4.69, 9.17) is 14.5 Å². The van der Waals surface area contributed by atoms with Crippen molar-refractivity contribution in [3.8, 4) is 17.0 Å². The van der Waals surface area contributed by atoms with Gasteiger partial charge in [0.05, 0.1) is 6.61 Å². The molecule has 3 heterocycles. The van der Waals surface area contributed by atoms with Gasteiger partial charge in [-0.05, 0) is 49.8 Å². The zero-order valence-corrected chi connectivity index (χ0v) is 17.8. The minimum absolute atomic E-state index is 0.0586. The van der Waals surface area contributed by atoms with Gasteiger partial charge in [-0.1, -0.05) is 30.3 Å². The molecule has 1 amide bonds. The van der Waals surface area contributed by atoms with Crippen molar-refractivity contribution in [2.75, 3.05) is 18.5 Å². The van der Waals surface area contributed by atoms with Crippen LogP contribution in [0.5, 0.6) is 5.88 Å². The van der Waals surface area contributed by atoms with E-state index in [-0.39, 0.29) is 12.2 Å². The summed E-state index contributed by atoms with van der Waals surface area (Å²) in [6.45, 7) is 1.06. The third-order valence-electron chi connectivity index (χ3n) is 5.98. The molecular formula is C24H27N5O3. The summed E-state index contributed by atoms with van der Waals surface area (Å²) in [6, 6.07) is 16.0. The van der Waals surface area contributed by atoms with Gasteiger partial charge in [0.15, 0.2) is 5.82 Å². The normalized spacial score (nSPS) is 21.3. The number of rotatable bonds is 1. The average Bonchev–Trinajstić information content (AvgIpc) is 3.46. The van der Waals surface area contributed by atoms with Crippen LogP contribution in [0, 0.1) is 0 Å². The molecule has 2 aromatic heterocycles. The second kappa shape index (κ2) is 9.30. The molecular weight excluding hydrogens is 406 g/mol. The third-order valence-corrected chi connectivity index (χ3v) is 5.98. The summed E-state index contributed by atoms with van der Waals surface area (Å²) < 4.78 is 11.7. The van der Waals surface area contributed by atoms with Crippen LogP contribution in [-0.4, -0.2) is 40.5 Å². The van der Waals surface area contributed by atoms with Gasteiger partial charge in [0, 0.05) is 29.8 Å². The van der Waals surface area contributed by atoms with E-state index >= 15 is 0 Å². The highest BCUT2D eigenvalue weighted by molar-refractivity contribution is 5.71. The van der Waals surface area contributed by atoms with Crippen molar-refractivity contribution in [2.45, 2.75) is 44.1 Å². The van der Waals surface area contributed by atoms with E-state index in [9.17, 15) is 4.79 Å². The smallest absolute Gasteiger partial charge is 0.407 e. The third kappa shape index (κ3) is 4.69. The molecule has 2 atom stereocenters. The Kier molecular flexibility index (Phi) is 5.91. The van der Waals surface area contributed by atoms with Crippen molar-refractivity contribution in [2.24, 2.45) is 0 Å². The number of fused-ring (bicyclic) bond motifs is 7. The molecule has 8 nitrogen and oxygen atoms in total. The highest BCUT2D eigenvalue weighted by atomic mass is 16.6. The number of hydrogen-bond acceptors (Lipinski definition) is 6. The summed E-state index contributed by atoms with van der Waals surface area (Å²) >= 11 is 0. The fraction of sp³-hybridized carbons (Fsp3) is 0.375. The minimum atomic E-state index is -0.342. The number of carbonyl (C=O) groups is 1. The summed E-state index contributed by atoms with van der Waals surface area (Å²) in [4.78, 5) is 16.8. The van der Waals surface area contributed by atoms with E-state index in [1.165, 1.54) is 0 Å². The van der Waals surface area contributed by atoms with Crippen molar-refractivity contribution >= 4 is 17.7 Å². The first-order chi connectivity index (χ1) is 15.7. The molecule has 1 aliphatic carbocycles. The van der Waals surface area contributed by atoms with Gasteiger partial charge in [-0.15, -0.1) is 0 Å². The molecule has 3 aromatic rings. The average molecular weight is 434 g/mol. The first-order valence-electron chi connectivity index (χ1n) is 11.2. The standard InChI is InChI=1S/C24H27N5O3/c30-24-25-12-4-5-13-31-23-19(16-6-2-1-3-7-16)10-11-21(27-23)26-22-15-20(28-29-22)17-8-9-18(14-17)32-24/h1-3,6-7,10-11,15,17-18H,4-5,8-9,12-14H2,(H,25,30)(H2,26,27,28,29)/t17-,18+/m0/s1. The Bertz CT molecular complexity index is 1070. The summed E-state index contributed by atoms with van der Waals surface area (Å²) in [6.07, 6.45) is 3.82. The number of benzene rings is 1. The Labute approximate surface area is 186 Å². The van der Waals surface area contributed by atoms with Gasteiger partial charge in [-0.2, -0.15) is 10.1 Å². The SMILES string of the molecule is O=C1NCCCCOc2nc(ccc2-c2ccccc2)Nc2cc([nH]n2)[C@H]2CC[C@H](C2)O1. The van der Waals surface area contributed by atoms with Crippen LogP contribution in [-0.2, 0) is 4.74 Å². The summed E-state index contributed by atoms with van der Waals surface area (Å²) in [5, 5.41) is 13.7. The lowest BCUT2D eigenvalue weighted by atomic mass is 10.0. The Morgan fingerprint density at radius 1 is 1.00 bits per heavy atom. The second-order valence-electron chi connectivity index (χ2n) is 8.27. The molecule has 0 unspecified atom stereocenters. The van der Waals surface area contributed by atoms with Crippen molar-refractivity contribution in [3.05, 3.63) is 54.2 Å². The number of anilines is 2. The number of ether oxygens (including phenoxy) is 2. The molecule has 1 aromatic carbocycles. The molecule has 0 spiro atoms. The van der Waals surface area contributed by atoms with Gasteiger partial charge in [-0.25, -0.2) is 4.79 Å². The lowest BCUT2D eigenvalue weighted by Gasteiger charge is -2.14. The number of aromatic amines is 1. The molecule has 8 heteroatoms. The molecule has 0 radical (unpaired) electrons. The summed E-state index contributed by atoms with van der Waals surface area (Å²) in [7, 11) is 0. The largest absolute Gasteiger partial charge is 0.477 e. The van der Waals surface area contributed by atoms with Crippen molar-refractivity contribution in [1.82, 2.24) is 20.5 Å². The number of hydrogen-bond donors (Lipinski definition) is 3. The Morgan fingerprint density at radius 3 is 2.81 bits per heavy atom. The molecule has 1 fully saturated rings. The Balaban J connectivity index is 1.41. The van der Waals surface area contributed by atoms with Crippen LogP contribution in [0.15, 0.2) is 48.5 Å². The summed E-state index contributed by atoms with van der Waals surface area (Å²) in [5.41, 5.74) is 3.02. The van der Waals surface area contributed by atoms with Gasteiger partial charge in [-0.3, -0.25) is 5.10 Å². The van der Waals surface area contributed by atoms with Crippen molar-refractivity contribution in [1.29, 1.82) is 0 Å². The van der Waals surface area contributed by atoms with E-state index in [0.29, 0.717) is 36.6 Å². The zero-order valence-electron chi connectivity index (χ0n) is 17.8. The molecule has 5 rings (SSSR count). The highest BCUT2D eigenvalue weighted by Gasteiger charge is 2.30. The predicted octanol–water partition coefficient (Wildman–Crippen LogP) is 4.75. The fourth-order valence-electron chi connectivity index (χ4n) is 4.31. The van der Waals surface area contributed by atoms with Gasteiger partial charge >= 0.3 is 6.09 Å². The summed E-state index contributed by atoms with van der Waals surface area (Å²) in [5.74, 6) is 2.25. The monoisotopic (exact) mass is 433 g/mol.